The third kappa shape index (κ3) is 2.04. The van der Waals surface area contributed by atoms with E-state index in [1.165, 1.54) is 16.7 Å². The standard InChI is InChI=1S/C15H20N2O2/c1-9-11-6-17(10(2)18)7-14(11)16-13-5-15(3,4)19-8-12(9)13/h5-8H2,1-4H3. The molecule has 3 rings (SSSR count). The van der Waals surface area contributed by atoms with E-state index in [0.29, 0.717) is 19.7 Å². The van der Waals surface area contributed by atoms with Gasteiger partial charge in [0.15, 0.2) is 0 Å². The number of pyridine rings is 1. The lowest BCUT2D eigenvalue weighted by atomic mass is 9.91. The van der Waals surface area contributed by atoms with E-state index in [4.69, 9.17) is 9.72 Å². The minimum Gasteiger partial charge on any atom is -0.370 e. The van der Waals surface area contributed by atoms with Crippen LogP contribution < -0.4 is 0 Å². The van der Waals surface area contributed by atoms with Crippen molar-refractivity contribution < 1.29 is 9.53 Å². The fourth-order valence-electron chi connectivity index (χ4n) is 2.96. The van der Waals surface area contributed by atoms with Crippen LogP contribution in [-0.2, 0) is 35.6 Å². The van der Waals surface area contributed by atoms with Gasteiger partial charge in [-0.1, -0.05) is 0 Å². The van der Waals surface area contributed by atoms with Gasteiger partial charge in [0.1, 0.15) is 0 Å². The molecule has 1 aromatic heterocycles. The highest BCUT2D eigenvalue weighted by molar-refractivity contribution is 5.74. The molecule has 0 saturated carbocycles. The number of rotatable bonds is 0. The molecule has 3 heterocycles. The quantitative estimate of drug-likeness (QED) is 0.717. The normalized spacial score (nSPS) is 20.1. The Hall–Kier alpha value is -1.42. The van der Waals surface area contributed by atoms with E-state index < -0.39 is 0 Å². The lowest BCUT2D eigenvalue weighted by molar-refractivity contribution is -0.129. The third-order valence-corrected chi connectivity index (χ3v) is 4.21. The molecular formula is C15H20N2O2. The molecule has 102 valence electrons. The molecule has 0 aliphatic carbocycles. The Balaban J connectivity index is 2.03. The third-order valence-electron chi connectivity index (χ3n) is 4.21. The second kappa shape index (κ2) is 4.04. The molecule has 0 spiro atoms. The number of fused-ring (bicyclic) bond motifs is 2. The zero-order chi connectivity index (χ0) is 13.8. The van der Waals surface area contributed by atoms with Crippen molar-refractivity contribution in [2.75, 3.05) is 0 Å². The molecule has 0 radical (unpaired) electrons. The maximum atomic E-state index is 11.5. The molecule has 0 bridgehead atoms. The summed E-state index contributed by atoms with van der Waals surface area (Å²) in [5.41, 5.74) is 5.79. The molecule has 4 nitrogen and oxygen atoms in total. The Bertz CT molecular complexity index is 564. The Kier molecular flexibility index (Phi) is 2.68. The highest BCUT2D eigenvalue weighted by Gasteiger charge is 2.32. The Morgan fingerprint density at radius 1 is 1.26 bits per heavy atom. The summed E-state index contributed by atoms with van der Waals surface area (Å²) < 4.78 is 5.89. The number of aromatic nitrogens is 1. The predicted octanol–water partition coefficient (Wildman–Crippen LogP) is 2.10. The van der Waals surface area contributed by atoms with Gasteiger partial charge >= 0.3 is 0 Å². The molecular weight excluding hydrogens is 240 g/mol. The maximum absolute atomic E-state index is 11.5. The summed E-state index contributed by atoms with van der Waals surface area (Å²) in [6.45, 7) is 9.93. The lowest BCUT2D eigenvalue weighted by Crippen LogP contribution is -2.33. The number of nitrogens with zero attached hydrogens (tertiary/aromatic N) is 2. The summed E-state index contributed by atoms with van der Waals surface area (Å²) in [6, 6.07) is 0. The Labute approximate surface area is 113 Å². The van der Waals surface area contributed by atoms with Crippen LogP contribution in [0.1, 0.15) is 48.8 Å². The van der Waals surface area contributed by atoms with Crippen LogP contribution in [0, 0.1) is 6.92 Å². The van der Waals surface area contributed by atoms with Gasteiger partial charge in [-0.2, -0.15) is 0 Å². The number of carbonyl (C=O) groups excluding carboxylic acids is 1. The van der Waals surface area contributed by atoms with Crippen molar-refractivity contribution in [3.8, 4) is 0 Å². The molecule has 1 amide bonds. The smallest absolute Gasteiger partial charge is 0.220 e. The van der Waals surface area contributed by atoms with Crippen LogP contribution in [0.3, 0.4) is 0 Å². The Morgan fingerprint density at radius 2 is 2.00 bits per heavy atom. The number of ether oxygens (including phenoxy) is 1. The second-order valence-corrected chi connectivity index (χ2v) is 6.19. The van der Waals surface area contributed by atoms with Crippen LogP contribution in [0.25, 0.3) is 0 Å². The van der Waals surface area contributed by atoms with E-state index in [1.807, 2.05) is 4.90 Å². The molecule has 0 fully saturated rings. The number of hydrogen-bond donors (Lipinski definition) is 0. The van der Waals surface area contributed by atoms with Crippen molar-refractivity contribution >= 4 is 5.91 Å². The van der Waals surface area contributed by atoms with Crippen LogP contribution >= 0.6 is 0 Å². The molecule has 19 heavy (non-hydrogen) atoms. The van der Waals surface area contributed by atoms with E-state index in [2.05, 4.69) is 20.8 Å². The first kappa shape index (κ1) is 12.6. The number of hydrogen-bond acceptors (Lipinski definition) is 3. The minimum absolute atomic E-state index is 0.118. The Morgan fingerprint density at radius 3 is 2.68 bits per heavy atom. The van der Waals surface area contributed by atoms with Gasteiger partial charge in [0.05, 0.1) is 24.4 Å². The van der Waals surface area contributed by atoms with Gasteiger partial charge in [-0.15, -0.1) is 0 Å². The van der Waals surface area contributed by atoms with Gasteiger partial charge in [0.25, 0.3) is 0 Å². The number of carbonyl (C=O) groups is 1. The highest BCUT2D eigenvalue weighted by atomic mass is 16.5. The van der Waals surface area contributed by atoms with E-state index in [0.717, 1.165) is 17.8 Å². The molecule has 2 aliphatic rings. The van der Waals surface area contributed by atoms with E-state index in [-0.39, 0.29) is 11.5 Å². The molecule has 4 heteroatoms. The average Bonchev–Trinajstić information content (AvgIpc) is 2.71. The summed E-state index contributed by atoms with van der Waals surface area (Å²) in [7, 11) is 0. The van der Waals surface area contributed by atoms with Gasteiger partial charge in [-0.05, 0) is 31.9 Å². The topological polar surface area (TPSA) is 42.4 Å². The first-order chi connectivity index (χ1) is 8.87. The van der Waals surface area contributed by atoms with Gasteiger partial charge in [-0.3, -0.25) is 9.78 Å². The van der Waals surface area contributed by atoms with Gasteiger partial charge < -0.3 is 9.64 Å². The first-order valence-corrected chi connectivity index (χ1v) is 6.77. The SMILES string of the molecule is CC(=O)N1Cc2nc3c(c(C)c2C1)COC(C)(C)C3. The molecule has 1 aromatic rings. The van der Waals surface area contributed by atoms with E-state index in [9.17, 15) is 4.79 Å². The predicted molar refractivity (Wildman–Crippen MR) is 71.5 cm³/mol. The lowest BCUT2D eigenvalue weighted by Gasteiger charge is -2.32. The number of amides is 1. The van der Waals surface area contributed by atoms with Crippen molar-refractivity contribution in [3.05, 3.63) is 28.1 Å². The van der Waals surface area contributed by atoms with E-state index in [1.54, 1.807) is 6.92 Å². The van der Waals surface area contributed by atoms with Crippen LogP contribution in [0.2, 0.25) is 0 Å². The van der Waals surface area contributed by atoms with Gasteiger partial charge in [0, 0.05) is 31.1 Å². The second-order valence-electron chi connectivity index (χ2n) is 6.19. The molecule has 0 saturated heterocycles. The first-order valence-electron chi connectivity index (χ1n) is 6.77. The van der Waals surface area contributed by atoms with Crippen molar-refractivity contribution in [3.63, 3.8) is 0 Å². The largest absolute Gasteiger partial charge is 0.370 e. The van der Waals surface area contributed by atoms with Crippen molar-refractivity contribution in [2.45, 2.75) is 59.4 Å². The average molecular weight is 260 g/mol. The fraction of sp³-hybridized carbons (Fsp3) is 0.600. The van der Waals surface area contributed by atoms with Crippen LogP contribution in [0.4, 0.5) is 0 Å². The van der Waals surface area contributed by atoms with Crippen LogP contribution in [-0.4, -0.2) is 21.4 Å². The summed E-state index contributed by atoms with van der Waals surface area (Å²) in [4.78, 5) is 18.2. The van der Waals surface area contributed by atoms with Crippen LogP contribution in [0.5, 0.6) is 0 Å². The summed E-state index contributed by atoms with van der Waals surface area (Å²) >= 11 is 0. The molecule has 2 aliphatic heterocycles. The molecule has 0 atom stereocenters. The zero-order valence-electron chi connectivity index (χ0n) is 12.0. The monoisotopic (exact) mass is 260 g/mol. The molecule has 0 unspecified atom stereocenters. The molecule has 0 N–H and O–H groups in total. The zero-order valence-corrected chi connectivity index (χ0v) is 12.0. The highest BCUT2D eigenvalue weighted by Crippen LogP contribution is 2.34. The van der Waals surface area contributed by atoms with Gasteiger partial charge in [0.2, 0.25) is 5.91 Å². The molecule has 0 aromatic carbocycles. The fourth-order valence-corrected chi connectivity index (χ4v) is 2.96. The maximum Gasteiger partial charge on any atom is 0.220 e. The summed E-state index contributed by atoms with van der Waals surface area (Å²) in [5.74, 6) is 0.118. The van der Waals surface area contributed by atoms with Crippen molar-refractivity contribution in [1.82, 2.24) is 9.88 Å². The van der Waals surface area contributed by atoms with Crippen molar-refractivity contribution in [2.24, 2.45) is 0 Å². The summed E-state index contributed by atoms with van der Waals surface area (Å²) in [5, 5.41) is 0. The minimum atomic E-state index is -0.139. The van der Waals surface area contributed by atoms with Crippen LogP contribution in [0.15, 0.2) is 0 Å². The van der Waals surface area contributed by atoms with Crippen molar-refractivity contribution in [1.29, 1.82) is 0 Å². The summed E-state index contributed by atoms with van der Waals surface area (Å²) in [6.07, 6.45) is 0.844. The van der Waals surface area contributed by atoms with Gasteiger partial charge in [-0.25, -0.2) is 0 Å². The van der Waals surface area contributed by atoms with E-state index >= 15 is 0 Å².